The first kappa shape index (κ1) is 9.51. The van der Waals surface area contributed by atoms with Crippen LogP contribution in [0.15, 0.2) is 12.3 Å². The van der Waals surface area contributed by atoms with Gasteiger partial charge in [0.2, 0.25) is 0 Å². The van der Waals surface area contributed by atoms with E-state index in [1.165, 1.54) is 12.8 Å². The van der Waals surface area contributed by atoms with E-state index >= 15 is 0 Å². The van der Waals surface area contributed by atoms with E-state index in [4.69, 9.17) is 0 Å². The maximum Gasteiger partial charge on any atom is 0.159 e. The van der Waals surface area contributed by atoms with Gasteiger partial charge in [-0.15, -0.1) is 0 Å². The zero-order valence-corrected chi connectivity index (χ0v) is 9.18. The van der Waals surface area contributed by atoms with Crippen LogP contribution in [0.1, 0.15) is 30.1 Å². The molecule has 2 aromatic rings. The zero-order chi connectivity index (χ0) is 11.1. The molecule has 4 heteroatoms. The number of fused-ring (bicyclic) bond motifs is 1. The van der Waals surface area contributed by atoms with Crippen molar-refractivity contribution in [2.45, 2.75) is 25.2 Å². The Kier molecular flexibility index (Phi) is 2.02. The van der Waals surface area contributed by atoms with Gasteiger partial charge < -0.3 is 9.36 Å². The fourth-order valence-corrected chi connectivity index (χ4v) is 2.05. The predicted octanol–water partition coefficient (Wildman–Crippen LogP) is 1.59. The lowest BCUT2D eigenvalue weighted by atomic mass is 10.2. The Morgan fingerprint density at radius 1 is 1.56 bits per heavy atom. The first-order valence-electron chi connectivity index (χ1n) is 5.54. The van der Waals surface area contributed by atoms with Crippen LogP contribution in [0.25, 0.3) is 11.2 Å². The van der Waals surface area contributed by atoms with E-state index in [-0.39, 0.29) is 0 Å². The summed E-state index contributed by atoms with van der Waals surface area (Å²) in [7, 11) is 2.01. The van der Waals surface area contributed by atoms with Gasteiger partial charge in [0.1, 0.15) is 17.6 Å². The molecular formula is C12H13N3O. The molecule has 82 valence electrons. The Bertz CT molecular complexity index is 555. The Morgan fingerprint density at radius 2 is 2.38 bits per heavy atom. The summed E-state index contributed by atoms with van der Waals surface area (Å²) < 4.78 is 2.07. The first-order chi connectivity index (χ1) is 7.79. The van der Waals surface area contributed by atoms with E-state index in [0.29, 0.717) is 12.3 Å². The van der Waals surface area contributed by atoms with E-state index in [1.54, 1.807) is 6.20 Å². The number of aryl methyl sites for hydroxylation is 1. The zero-order valence-electron chi connectivity index (χ0n) is 9.18. The molecule has 1 aliphatic carbocycles. The number of aromatic nitrogens is 3. The number of hydrogen-bond donors (Lipinski definition) is 0. The van der Waals surface area contributed by atoms with Gasteiger partial charge in [-0.1, -0.05) is 0 Å². The quantitative estimate of drug-likeness (QED) is 0.730. The normalized spacial score (nSPS) is 15.6. The van der Waals surface area contributed by atoms with Gasteiger partial charge in [0.05, 0.1) is 0 Å². The molecule has 0 aliphatic heterocycles. The van der Waals surface area contributed by atoms with Crippen molar-refractivity contribution in [2.24, 2.45) is 7.05 Å². The van der Waals surface area contributed by atoms with Crippen LogP contribution in [0.2, 0.25) is 0 Å². The second kappa shape index (κ2) is 3.40. The van der Waals surface area contributed by atoms with E-state index in [9.17, 15) is 4.79 Å². The molecule has 0 saturated heterocycles. The average Bonchev–Trinajstić information content (AvgIpc) is 3.06. The van der Waals surface area contributed by atoms with Gasteiger partial charge in [-0.3, -0.25) is 0 Å². The van der Waals surface area contributed by atoms with Gasteiger partial charge in [0.15, 0.2) is 5.65 Å². The standard InChI is InChI=1S/C12H13N3O/c1-15-11(9-2-3-9)14-10-6-8(4-5-16)7-13-12(10)15/h5-7,9H,2-4H2,1H3. The molecule has 2 heterocycles. The largest absolute Gasteiger partial charge is 0.316 e. The second-order valence-electron chi connectivity index (χ2n) is 4.36. The number of nitrogens with zero attached hydrogens (tertiary/aromatic N) is 3. The Labute approximate surface area is 93.3 Å². The summed E-state index contributed by atoms with van der Waals surface area (Å²) in [5.41, 5.74) is 2.75. The van der Waals surface area contributed by atoms with Crippen LogP contribution >= 0.6 is 0 Å². The third-order valence-corrected chi connectivity index (χ3v) is 3.06. The predicted molar refractivity (Wildman–Crippen MR) is 60.3 cm³/mol. The molecule has 0 aromatic carbocycles. The molecule has 0 spiro atoms. The molecule has 4 nitrogen and oxygen atoms in total. The molecular weight excluding hydrogens is 202 g/mol. The number of hydrogen-bond acceptors (Lipinski definition) is 3. The van der Waals surface area contributed by atoms with Crippen LogP contribution in [-0.2, 0) is 18.3 Å². The minimum atomic E-state index is 0.415. The Hall–Kier alpha value is -1.71. The lowest BCUT2D eigenvalue weighted by Gasteiger charge is -1.98. The van der Waals surface area contributed by atoms with Crippen LogP contribution in [0.3, 0.4) is 0 Å². The molecule has 0 atom stereocenters. The maximum atomic E-state index is 10.4. The Balaban J connectivity index is 2.13. The highest BCUT2D eigenvalue weighted by molar-refractivity contribution is 5.73. The third-order valence-electron chi connectivity index (χ3n) is 3.06. The number of rotatable bonds is 3. The number of carbonyl (C=O) groups excluding carboxylic acids is 1. The van der Waals surface area contributed by atoms with Gasteiger partial charge in [0.25, 0.3) is 0 Å². The van der Waals surface area contributed by atoms with Crippen LogP contribution in [0, 0.1) is 0 Å². The fraction of sp³-hybridized carbons (Fsp3) is 0.417. The Morgan fingerprint density at radius 3 is 3.06 bits per heavy atom. The molecule has 0 unspecified atom stereocenters. The van der Waals surface area contributed by atoms with E-state index in [2.05, 4.69) is 14.5 Å². The lowest BCUT2D eigenvalue weighted by molar-refractivity contribution is -0.107. The first-order valence-corrected chi connectivity index (χ1v) is 5.54. The molecule has 16 heavy (non-hydrogen) atoms. The molecule has 0 amide bonds. The maximum absolute atomic E-state index is 10.4. The summed E-state index contributed by atoms with van der Waals surface area (Å²) in [6.07, 6.45) is 5.54. The average molecular weight is 215 g/mol. The van der Waals surface area contributed by atoms with Gasteiger partial charge >= 0.3 is 0 Å². The topological polar surface area (TPSA) is 47.8 Å². The molecule has 1 aliphatic rings. The molecule has 3 rings (SSSR count). The van der Waals surface area contributed by atoms with Crippen LogP contribution in [-0.4, -0.2) is 20.8 Å². The van der Waals surface area contributed by atoms with Gasteiger partial charge in [0, 0.05) is 25.6 Å². The van der Waals surface area contributed by atoms with Gasteiger partial charge in [-0.05, 0) is 24.5 Å². The van der Waals surface area contributed by atoms with Gasteiger partial charge in [-0.2, -0.15) is 0 Å². The molecule has 1 saturated carbocycles. The summed E-state index contributed by atoms with van der Waals surface area (Å²) in [4.78, 5) is 19.4. The van der Waals surface area contributed by atoms with Gasteiger partial charge in [-0.25, -0.2) is 9.97 Å². The van der Waals surface area contributed by atoms with Crippen LogP contribution in [0.5, 0.6) is 0 Å². The van der Waals surface area contributed by atoms with Crippen molar-refractivity contribution >= 4 is 17.5 Å². The number of carbonyl (C=O) groups is 1. The number of aldehydes is 1. The summed E-state index contributed by atoms with van der Waals surface area (Å²) in [6.45, 7) is 0. The van der Waals surface area contributed by atoms with E-state index in [1.807, 2.05) is 13.1 Å². The van der Waals surface area contributed by atoms with E-state index in [0.717, 1.165) is 28.8 Å². The molecule has 1 fully saturated rings. The van der Waals surface area contributed by atoms with Crippen LogP contribution in [0.4, 0.5) is 0 Å². The highest BCUT2D eigenvalue weighted by atomic mass is 16.1. The van der Waals surface area contributed by atoms with Crippen molar-refractivity contribution < 1.29 is 4.79 Å². The smallest absolute Gasteiger partial charge is 0.159 e. The SMILES string of the molecule is Cn1c(C2CC2)nc2cc(CC=O)cnc21. The number of imidazole rings is 1. The van der Waals surface area contributed by atoms with Crippen molar-refractivity contribution in [3.8, 4) is 0 Å². The minimum absolute atomic E-state index is 0.415. The summed E-state index contributed by atoms with van der Waals surface area (Å²) in [6, 6.07) is 1.96. The highest BCUT2D eigenvalue weighted by Gasteiger charge is 2.28. The van der Waals surface area contributed by atoms with Crippen molar-refractivity contribution in [3.63, 3.8) is 0 Å². The summed E-state index contributed by atoms with van der Waals surface area (Å²) >= 11 is 0. The fourth-order valence-electron chi connectivity index (χ4n) is 2.05. The molecule has 2 aromatic heterocycles. The summed E-state index contributed by atoms with van der Waals surface area (Å²) in [5, 5.41) is 0. The van der Waals surface area contributed by atoms with Crippen molar-refractivity contribution in [1.82, 2.24) is 14.5 Å². The second-order valence-corrected chi connectivity index (χ2v) is 4.36. The van der Waals surface area contributed by atoms with Crippen molar-refractivity contribution in [2.75, 3.05) is 0 Å². The highest BCUT2D eigenvalue weighted by Crippen LogP contribution is 2.39. The monoisotopic (exact) mass is 215 g/mol. The summed E-state index contributed by atoms with van der Waals surface area (Å²) in [5.74, 6) is 1.75. The molecule has 0 bridgehead atoms. The lowest BCUT2D eigenvalue weighted by Crippen LogP contribution is -1.96. The molecule has 0 N–H and O–H groups in total. The van der Waals surface area contributed by atoms with Crippen molar-refractivity contribution in [3.05, 3.63) is 23.7 Å². The van der Waals surface area contributed by atoms with Crippen molar-refractivity contribution in [1.29, 1.82) is 0 Å². The third kappa shape index (κ3) is 1.41. The molecule has 0 radical (unpaired) electrons. The van der Waals surface area contributed by atoms with E-state index < -0.39 is 0 Å². The minimum Gasteiger partial charge on any atom is -0.316 e. The number of pyridine rings is 1. The van der Waals surface area contributed by atoms with Crippen LogP contribution < -0.4 is 0 Å².